The van der Waals surface area contributed by atoms with E-state index in [9.17, 15) is 9.90 Å². The third kappa shape index (κ3) is 3.15. The molecule has 0 heterocycles. The van der Waals surface area contributed by atoms with Gasteiger partial charge in [0.05, 0.1) is 0 Å². The van der Waals surface area contributed by atoms with Gasteiger partial charge in [-0.15, -0.1) is 0 Å². The van der Waals surface area contributed by atoms with Crippen LogP contribution in [0.3, 0.4) is 0 Å². The first-order valence-corrected chi connectivity index (χ1v) is 6.89. The number of para-hydroxylation sites is 1. The van der Waals surface area contributed by atoms with Crippen LogP contribution in [0.2, 0.25) is 0 Å². The second-order valence-electron chi connectivity index (χ2n) is 4.82. The summed E-state index contributed by atoms with van der Waals surface area (Å²) in [6, 6.07) is 22.7. The van der Waals surface area contributed by atoms with Crippen LogP contribution in [-0.4, -0.2) is 10.9 Å². The van der Waals surface area contributed by atoms with Crippen molar-refractivity contribution in [2.45, 2.75) is 0 Å². The van der Waals surface area contributed by atoms with Crippen molar-refractivity contribution in [3.63, 3.8) is 0 Å². The number of ketones is 1. The maximum Gasteiger partial charge on any atom is 0.193 e. The highest BCUT2D eigenvalue weighted by Gasteiger charge is 2.09. The van der Waals surface area contributed by atoms with Crippen LogP contribution in [0.15, 0.2) is 78.9 Å². The molecule has 3 nitrogen and oxygen atoms in total. The van der Waals surface area contributed by atoms with Crippen molar-refractivity contribution in [3.05, 3.63) is 90.0 Å². The van der Waals surface area contributed by atoms with Gasteiger partial charge < -0.3 is 9.84 Å². The second kappa shape index (κ2) is 6.14. The molecule has 0 saturated carbocycles. The van der Waals surface area contributed by atoms with Gasteiger partial charge in [-0.05, 0) is 60.7 Å². The molecule has 0 aromatic heterocycles. The van der Waals surface area contributed by atoms with Crippen LogP contribution in [0, 0.1) is 0 Å². The molecule has 22 heavy (non-hydrogen) atoms. The lowest BCUT2D eigenvalue weighted by atomic mass is 10.0. The van der Waals surface area contributed by atoms with Gasteiger partial charge in [-0.3, -0.25) is 4.79 Å². The SMILES string of the molecule is O=C(c1ccc(O)cc1)c1ccc(Oc2ccccc2)cc1. The fourth-order valence-corrected chi connectivity index (χ4v) is 2.08. The van der Waals surface area contributed by atoms with Crippen LogP contribution in [0.5, 0.6) is 17.2 Å². The monoisotopic (exact) mass is 290 g/mol. The maximum absolute atomic E-state index is 12.3. The van der Waals surface area contributed by atoms with Crippen LogP contribution in [0.25, 0.3) is 0 Å². The molecule has 3 aromatic rings. The Morgan fingerprint density at radius 1 is 0.682 bits per heavy atom. The number of carbonyl (C=O) groups excluding carboxylic acids is 1. The summed E-state index contributed by atoms with van der Waals surface area (Å²) in [6.07, 6.45) is 0. The molecule has 0 aliphatic carbocycles. The number of phenols is 1. The van der Waals surface area contributed by atoms with Crippen molar-refractivity contribution >= 4 is 5.78 Å². The standard InChI is InChI=1S/C19H14O3/c20-16-10-6-14(7-11-16)19(21)15-8-12-18(13-9-15)22-17-4-2-1-3-5-17/h1-13,20H. The Hall–Kier alpha value is -3.07. The lowest BCUT2D eigenvalue weighted by Gasteiger charge is -2.06. The molecule has 0 aliphatic rings. The van der Waals surface area contributed by atoms with Gasteiger partial charge in [0.2, 0.25) is 0 Å². The Morgan fingerprint density at radius 2 is 1.18 bits per heavy atom. The van der Waals surface area contributed by atoms with Crippen molar-refractivity contribution in [1.82, 2.24) is 0 Å². The van der Waals surface area contributed by atoms with Crippen LogP contribution < -0.4 is 4.74 Å². The van der Waals surface area contributed by atoms with Crippen LogP contribution >= 0.6 is 0 Å². The van der Waals surface area contributed by atoms with Crippen molar-refractivity contribution in [1.29, 1.82) is 0 Å². The van der Waals surface area contributed by atoms with Gasteiger partial charge in [0.25, 0.3) is 0 Å². The van der Waals surface area contributed by atoms with Gasteiger partial charge >= 0.3 is 0 Å². The normalized spacial score (nSPS) is 10.2. The van der Waals surface area contributed by atoms with Crippen LogP contribution in [-0.2, 0) is 0 Å². The Morgan fingerprint density at radius 3 is 1.77 bits per heavy atom. The number of aromatic hydroxyl groups is 1. The minimum atomic E-state index is -0.0914. The van der Waals surface area contributed by atoms with E-state index in [1.54, 1.807) is 36.4 Å². The molecule has 0 radical (unpaired) electrons. The number of hydrogen-bond donors (Lipinski definition) is 1. The van der Waals surface area contributed by atoms with E-state index in [0.29, 0.717) is 16.9 Å². The lowest BCUT2D eigenvalue weighted by Crippen LogP contribution is -2.00. The summed E-state index contributed by atoms with van der Waals surface area (Å²) in [7, 11) is 0. The molecule has 3 heteroatoms. The van der Waals surface area contributed by atoms with E-state index in [1.165, 1.54) is 12.1 Å². The van der Waals surface area contributed by atoms with E-state index in [-0.39, 0.29) is 11.5 Å². The molecule has 108 valence electrons. The number of carbonyl (C=O) groups is 1. The fraction of sp³-hybridized carbons (Fsp3) is 0. The number of rotatable bonds is 4. The third-order valence-electron chi connectivity index (χ3n) is 3.22. The van der Waals surface area contributed by atoms with Gasteiger partial charge in [0.1, 0.15) is 17.2 Å². The Kier molecular flexibility index (Phi) is 3.88. The molecule has 0 saturated heterocycles. The van der Waals surface area contributed by atoms with Crippen LogP contribution in [0.1, 0.15) is 15.9 Å². The highest BCUT2D eigenvalue weighted by molar-refractivity contribution is 6.09. The Labute approximate surface area is 128 Å². The minimum absolute atomic E-state index is 0.0914. The first-order valence-electron chi connectivity index (χ1n) is 6.89. The molecule has 3 aromatic carbocycles. The Bertz CT molecular complexity index is 760. The zero-order valence-corrected chi connectivity index (χ0v) is 11.8. The summed E-state index contributed by atoms with van der Waals surface area (Å²) in [6.45, 7) is 0. The highest BCUT2D eigenvalue weighted by Crippen LogP contribution is 2.22. The summed E-state index contributed by atoms with van der Waals surface area (Å²) in [4.78, 5) is 12.3. The number of phenolic OH excluding ortho intramolecular Hbond substituents is 1. The van der Waals surface area contributed by atoms with Gasteiger partial charge in [0.15, 0.2) is 5.78 Å². The topological polar surface area (TPSA) is 46.5 Å². The lowest BCUT2D eigenvalue weighted by molar-refractivity contribution is 0.103. The summed E-state index contributed by atoms with van der Waals surface area (Å²) in [5.41, 5.74) is 1.11. The average molecular weight is 290 g/mol. The first kappa shape index (κ1) is 13.9. The summed E-state index contributed by atoms with van der Waals surface area (Å²) in [5, 5.41) is 9.26. The molecule has 0 bridgehead atoms. The predicted molar refractivity (Wildman–Crippen MR) is 84.5 cm³/mol. The summed E-state index contributed by atoms with van der Waals surface area (Å²) in [5.74, 6) is 1.47. The highest BCUT2D eigenvalue weighted by atomic mass is 16.5. The van der Waals surface area contributed by atoms with E-state index in [0.717, 1.165) is 5.75 Å². The van der Waals surface area contributed by atoms with Gasteiger partial charge in [-0.25, -0.2) is 0 Å². The Balaban J connectivity index is 1.76. The zero-order chi connectivity index (χ0) is 15.4. The van der Waals surface area contributed by atoms with Crippen LogP contribution in [0.4, 0.5) is 0 Å². The summed E-state index contributed by atoms with van der Waals surface area (Å²) >= 11 is 0. The molecular weight excluding hydrogens is 276 g/mol. The maximum atomic E-state index is 12.3. The molecule has 0 spiro atoms. The van der Waals surface area contributed by atoms with E-state index < -0.39 is 0 Å². The minimum Gasteiger partial charge on any atom is -0.508 e. The van der Waals surface area contributed by atoms with Crippen molar-refractivity contribution < 1.29 is 14.6 Å². The van der Waals surface area contributed by atoms with E-state index in [4.69, 9.17) is 4.74 Å². The second-order valence-corrected chi connectivity index (χ2v) is 4.82. The smallest absolute Gasteiger partial charge is 0.193 e. The third-order valence-corrected chi connectivity index (χ3v) is 3.22. The number of benzene rings is 3. The average Bonchev–Trinajstić information content (AvgIpc) is 2.57. The first-order chi connectivity index (χ1) is 10.7. The zero-order valence-electron chi connectivity index (χ0n) is 11.8. The molecule has 0 aliphatic heterocycles. The molecule has 1 N–H and O–H groups in total. The quantitative estimate of drug-likeness (QED) is 0.724. The van der Waals surface area contributed by atoms with Gasteiger partial charge in [0, 0.05) is 11.1 Å². The predicted octanol–water partition coefficient (Wildman–Crippen LogP) is 4.42. The molecular formula is C19H14O3. The summed E-state index contributed by atoms with van der Waals surface area (Å²) < 4.78 is 5.69. The van der Waals surface area contributed by atoms with Crippen molar-refractivity contribution in [3.8, 4) is 17.2 Å². The number of hydrogen-bond acceptors (Lipinski definition) is 3. The van der Waals surface area contributed by atoms with E-state index in [1.807, 2.05) is 30.3 Å². The molecule has 0 fully saturated rings. The molecule has 0 unspecified atom stereocenters. The van der Waals surface area contributed by atoms with Crippen molar-refractivity contribution in [2.24, 2.45) is 0 Å². The van der Waals surface area contributed by atoms with E-state index in [2.05, 4.69) is 0 Å². The van der Waals surface area contributed by atoms with E-state index >= 15 is 0 Å². The largest absolute Gasteiger partial charge is 0.508 e. The van der Waals surface area contributed by atoms with Crippen molar-refractivity contribution in [2.75, 3.05) is 0 Å². The fourth-order valence-electron chi connectivity index (χ4n) is 2.08. The van der Waals surface area contributed by atoms with Gasteiger partial charge in [-0.2, -0.15) is 0 Å². The molecule has 3 rings (SSSR count). The molecule has 0 amide bonds. The molecule has 0 atom stereocenters. The van der Waals surface area contributed by atoms with Gasteiger partial charge in [-0.1, -0.05) is 18.2 Å². The number of ether oxygens (including phenoxy) is 1.